The second-order valence-corrected chi connectivity index (χ2v) is 4.15. The van der Waals surface area contributed by atoms with E-state index in [4.69, 9.17) is 23.2 Å². The molecule has 2 heteroatoms. The third-order valence-corrected chi connectivity index (χ3v) is 3.17. The lowest BCUT2D eigenvalue weighted by molar-refractivity contribution is 0.466. The number of allylic oxidation sites excluding steroid dienone is 1. The van der Waals surface area contributed by atoms with Crippen molar-refractivity contribution < 1.29 is 0 Å². The molecule has 0 saturated heterocycles. The zero-order valence-corrected chi connectivity index (χ0v) is 7.62. The van der Waals surface area contributed by atoms with E-state index in [1.165, 1.54) is 0 Å². The largest absolute Gasteiger partial charge is 0.123 e. The Kier molecular flexibility index (Phi) is 2.65. The summed E-state index contributed by atoms with van der Waals surface area (Å²) in [5.41, 5.74) is 1.14. The van der Waals surface area contributed by atoms with Gasteiger partial charge in [-0.25, -0.2) is 0 Å². The fraction of sp³-hybridized carbons (Fsp3) is 0.750. The molecule has 1 rings (SSSR count). The fourth-order valence-corrected chi connectivity index (χ4v) is 1.91. The normalized spacial score (nSPS) is 41.9. The minimum Gasteiger partial charge on any atom is -0.123 e. The van der Waals surface area contributed by atoms with Crippen LogP contribution in [0.2, 0.25) is 0 Å². The Morgan fingerprint density at radius 2 is 2.10 bits per heavy atom. The molecule has 0 radical (unpaired) electrons. The quantitative estimate of drug-likeness (QED) is 0.395. The third kappa shape index (κ3) is 1.67. The van der Waals surface area contributed by atoms with Crippen molar-refractivity contribution in [2.45, 2.75) is 30.5 Å². The lowest BCUT2D eigenvalue weighted by atomic mass is 9.87. The lowest BCUT2D eigenvalue weighted by Gasteiger charge is -2.28. The molecule has 1 aliphatic carbocycles. The van der Waals surface area contributed by atoms with E-state index in [1.807, 2.05) is 0 Å². The van der Waals surface area contributed by atoms with Crippen molar-refractivity contribution in [3.05, 3.63) is 12.2 Å². The van der Waals surface area contributed by atoms with Gasteiger partial charge in [-0.2, -0.15) is 0 Å². The van der Waals surface area contributed by atoms with Crippen LogP contribution in [0.15, 0.2) is 12.2 Å². The number of hydrogen-bond donors (Lipinski definition) is 0. The molecule has 0 heterocycles. The molecule has 0 bridgehead atoms. The van der Waals surface area contributed by atoms with Gasteiger partial charge in [-0.05, 0) is 18.8 Å². The van der Waals surface area contributed by atoms with E-state index in [1.54, 1.807) is 0 Å². The maximum atomic E-state index is 6.00. The average Bonchev–Trinajstić information content (AvgIpc) is 1.84. The predicted octanol–water partition coefficient (Wildman–Crippen LogP) is 3.19. The third-order valence-electron chi connectivity index (χ3n) is 2.08. The van der Waals surface area contributed by atoms with Gasteiger partial charge in [0.05, 0.1) is 5.38 Å². The van der Waals surface area contributed by atoms with Crippen molar-refractivity contribution >= 4 is 23.2 Å². The first-order valence-corrected chi connectivity index (χ1v) is 4.44. The first-order valence-electron chi connectivity index (χ1n) is 3.57. The Hall–Kier alpha value is 0.320. The molecule has 58 valence electrons. The van der Waals surface area contributed by atoms with Crippen molar-refractivity contribution in [2.75, 3.05) is 0 Å². The SMILES string of the molecule is C=C1CC(C)C(Cl)CC1Cl. The molecule has 0 N–H and O–H groups in total. The van der Waals surface area contributed by atoms with Gasteiger partial charge in [0.2, 0.25) is 0 Å². The summed E-state index contributed by atoms with van der Waals surface area (Å²) in [5.74, 6) is 0.546. The highest BCUT2D eigenvalue weighted by Gasteiger charge is 2.26. The second kappa shape index (κ2) is 3.15. The van der Waals surface area contributed by atoms with Crippen LogP contribution < -0.4 is 0 Å². The number of halogens is 2. The van der Waals surface area contributed by atoms with Crippen molar-refractivity contribution in [3.8, 4) is 0 Å². The summed E-state index contributed by atoms with van der Waals surface area (Å²) in [6.45, 7) is 6.03. The molecule has 1 saturated carbocycles. The van der Waals surface area contributed by atoms with E-state index >= 15 is 0 Å². The topological polar surface area (TPSA) is 0 Å². The summed E-state index contributed by atoms with van der Waals surface area (Å²) < 4.78 is 0. The van der Waals surface area contributed by atoms with Gasteiger partial charge in [0.25, 0.3) is 0 Å². The summed E-state index contributed by atoms with van der Waals surface area (Å²) in [6, 6.07) is 0. The van der Waals surface area contributed by atoms with Crippen LogP contribution in [0.4, 0.5) is 0 Å². The van der Waals surface area contributed by atoms with Crippen molar-refractivity contribution in [1.29, 1.82) is 0 Å². The molecule has 1 aliphatic rings. The Morgan fingerprint density at radius 3 is 2.60 bits per heavy atom. The van der Waals surface area contributed by atoms with E-state index in [-0.39, 0.29) is 10.8 Å². The molecule has 10 heavy (non-hydrogen) atoms. The van der Waals surface area contributed by atoms with Crippen molar-refractivity contribution in [3.63, 3.8) is 0 Å². The van der Waals surface area contributed by atoms with Gasteiger partial charge in [-0.15, -0.1) is 23.2 Å². The van der Waals surface area contributed by atoms with E-state index in [9.17, 15) is 0 Å². The highest BCUT2D eigenvalue weighted by atomic mass is 35.5. The molecule has 0 aromatic heterocycles. The monoisotopic (exact) mass is 178 g/mol. The van der Waals surface area contributed by atoms with Crippen LogP contribution in [0.3, 0.4) is 0 Å². The van der Waals surface area contributed by atoms with Gasteiger partial charge in [0.1, 0.15) is 0 Å². The van der Waals surface area contributed by atoms with Gasteiger partial charge >= 0.3 is 0 Å². The highest BCUT2D eigenvalue weighted by molar-refractivity contribution is 6.25. The van der Waals surface area contributed by atoms with Crippen LogP contribution in [-0.4, -0.2) is 10.8 Å². The van der Waals surface area contributed by atoms with Crippen molar-refractivity contribution in [2.24, 2.45) is 5.92 Å². The maximum absolute atomic E-state index is 6.00. The predicted molar refractivity (Wildman–Crippen MR) is 46.8 cm³/mol. The van der Waals surface area contributed by atoms with Crippen LogP contribution in [0.1, 0.15) is 19.8 Å². The van der Waals surface area contributed by atoms with Crippen molar-refractivity contribution in [1.82, 2.24) is 0 Å². The molecule has 3 atom stereocenters. The highest BCUT2D eigenvalue weighted by Crippen LogP contribution is 2.33. The molecule has 0 aliphatic heterocycles. The van der Waals surface area contributed by atoms with Crippen LogP contribution in [0, 0.1) is 5.92 Å². The Labute approximate surface area is 72.2 Å². The molecule has 0 aromatic rings. The van der Waals surface area contributed by atoms with Gasteiger partial charge in [0, 0.05) is 5.38 Å². The first-order chi connectivity index (χ1) is 4.61. The molecule has 0 spiro atoms. The first kappa shape index (κ1) is 8.42. The molecular formula is C8H12Cl2. The second-order valence-electron chi connectivity index (χ2n) is 3.06. The van der Waals surface area contributed by atoms with Crippen LogP contribution in [0.5, 0.6) is 0 Å². The minimum absolute atomic E-state index is 0.110. The van der Waals surface area contributed by atoms with Crippen LogP contribution in [-0.2, 0) is 0 Å². The molecular weight excluding hydrogens is 167 g/mol. The maximum Gasteiger partial charge on any atom is 0.0556 e. The van der Waals surface area contributed by atoms with E-state index < -0.39 is 0 Å². The summed E-state index contributed by atoms with van der Waals surface area (Å²) in [7, 11) is 0. The number of hydrogen-bond acceptors (Lipinski definition) is 0. The Bertz CT molecular complexity index is 142. The zero-order chi connectivity index (χ0) is 7.72. The molecule has 0 nitrogen and oxygen atoms in total. The molecule has 1 fully saturated rings. The zero-order valence-electron chi connectivity index (χ0n) is 6.11. The van der Waals surface area contributed by atoms with Crippen LogP contribution >= 0.6 is 23.2 Å². The summed E-state index contributed by atoms with van der Waals surface area (Å²) >= 11 is 11.9. The van der Waals surface area contributed by atoms with Gasteiger partial charge in [0.15, 0.2) is 0 Å². The Morgan fingerprint density at radius 1 is 1.50 bits per heavy atom. The van der Waals surface area contributed by atoms with E-state index in [0.29, 0.717) is 5.92 Å². The summed E-state index contributed by atoms with van der Waals surface area (Å²) in [4.78, 5) is 0. The van der Waals surface area contributed by atoms with Gasteiger partial charge in [-0.3, -0.25) is 0 Å². The molecule has 3 unspecified atom stereocenters. The smallest absolute Gasteiger partial charge is 0.0556 e. The molecule has 0 amide bonds. The van der Waals surface area contributed by atoms with Gasteiger partial charge < -0.3 is 0 Å². The standard InChI is InChI=1S/C8H12Cl2/c1-5-3-6(2)8(10)4-7(5)9/h6-8H,1,3-4H2,2H3. The number of alkyl halides is 2. The van der Waals surface area contributed by atoms with E-state index in [2.05, 4.69) is 13.5 Å². The molecule has 0 aromatic carbocycles. The van der Waals surface area contributed by atoms with E-state index in [0.717, 1.165) is 18.4 Å². The number of rotatable bonds is 0. The summed E-state index contributed by atoms with van der Waals surface area (Å²) in [5, 5.41) is 0.353. The average molecular weight is 179 g/mol. The van der Waals surface area contributed by atoms with Gasteiger partial charge in [-0.1, -0.05) is 19.1 Å². The minimum atomic E-state index is 0.110. The fourth-order valence-electron chi connectivity index (χ4n) is 1.27. The van der Waals surface area contributed by atoms with Crippen LogP contribution in [0.25, 0.3) is 0 Å². The Balaban J connectivity index is 2.54. The summed E-state index contributed by atoms with van der Waals surface area (Å²) in [6.07, 6.45) is 1.87. The lowest BCUT2D eigenvalue weighted by Crippen LogP contribution is -2.25.